The highest BCUT2D eigenvalue weighted by Crippen LogP contribution is 2.27. The highest BCUT2D eigenvalue weighted by atomic mass is 16.6. The van der Waals surface area contributed by atoms with Crippen molar-refractivity contribution in [3.05, 3.63) is 47.8 Å². The third kappa shape index (κ3) is 8.54. The summed E-state index contributed by atoms with van der Waals surface area (Å²) in [6.45, 7) is 10.8. The molecule has 3 unspecified atom stereocenters. The van der Waals surface area contributed by atoms with E-state index in [0.717, 1.165) is 18.4 Å². The van der Waals surface area contributed by atoms with Crippen LogP contribution in [-0.2, 0) is 27.4 Å². The maximum atomic E-state index is 12.6. The molecule has 0 bridgehead atoms. The Bertz CT molecular complexity index is 959. The Morgan fingerprint density at radius 2 is 1.94 bits per heavy atom. The summed E-state index contributed by atoms with van der Waals surface area (Å²) in [6, 6.07) is 9.64. The van der Waals surface area contributed by atoms with E-state index in [-0.39, 0.29) is 30.8 Å². The highest BCUT2D eigenvalue weighted by Gasteiger charge is 2.31. The highest BCUT2D eigenvalue weighted by molar-refractivity contribution is 5.68. The predicted octanol–water partition coefficient (Wildman–Crippen LogP) is 4.07. The van der Waals surface area contributed by atoms with Crippen molar-refractivity contribution in [1.82, 2.24) is 25.2 Å². The summed E-state index contributed by atoms with van der Waals surface area (Å²) < 4.78 is 18.3. The topological polar surface area (TPSA) is 108 Å². The van der Waals surface area contributed by atoms with Crippen molar-refractivity contribution < 1.29 is 23.8 Å². The van der Waals surface area contributed by atoms with Gasteiger partial charge in [-0.15, -0.1) is 5.10 Å². The van der Waals surface area contributed by atoms with Crippen LogP contribution in [0.2, 0.25) is 0 Å². The van der Waals surface area contributed by atoms with Crippen molar-refractivity contribution in [2.45, 2.75) is 84.4 Å². The SMILES string of the molecule is CC(COCc1cn(C2CCN(C(=O)OCc3ccccc3)C(C)C2)nn1)NC(=O)OC(C)(C)C. The molecule has 35 heavy (non-hydrogen) atoms. The molecular weight excluding hydrogens is 450 g/mol. The lowest BCUT2D eigenvalue weighted by molar-refractivity contribution is 0.0439. The molecule has 192 valence electrons. The summed E-state index contributed by atoms with van der Waals surface area (Å²) in [4.78, 5) is 26.2. The molecule has 2 heterocycles. The van der Waals surface area contributed by atoms with Crippen LogP contribution in [0.1, 0.15) is 64.8 Å². The number of rotatable bonds is 8. The van der Waals surface area contributed by atoms with Crippen LogP contribution in [-0.4, -0.2) is 62.9 Å². The van der Waals surface area contributed by atoms with E-state index in [1.165, 1.54) is 0 Å². The minimum absolute atomic E-state index is 0.0284. The fourth-order valence-electron chi connectivity index (χ4n) is 3.91. The second-order valence-corrected chi connectivity index (χ2v) is 10.0. The van der Waals surface area contributed by atoms with Gasteiger partial charge in [-0.3, -0.25) is 0 Å². The number of carbonyl (C=O) groups excluding carboxylic acids is 2. The van der Waals surface area contributed by atoms with Gasteiger partial charge in [0.15, 0.2) is 0 Å². The summed E-state index contributed by atoms with van der Waals surface area (Å²) in [5.74, 6) is 0. The van der Waals surface area contributed by atoms with E-state index in [2.05, 4.69) is 15.6 Å². The number of likely N-dealkylation sites (tertiary alicyclic amines) is 1. The molecule has 3 atom stereocenters. The number of piperidine rings is 1. The lowest BCUT2D eigenvalue weighted by atomic mass is 9.99. The Labute approximate surface area is 206 Å². The van der Waals surface area contributed by atoms with Crippen molar-refractivity contribution in [1.29, 1.82) is 0 Å². The van der Waals surface area contributed by atoms with Crippen molar-refractivity contribution in [2.75, 3.05) is 13.2 Å². The van der Waals surface area contributed by atoms with Gasteiger partial charge in [0, 0.05) is 12.6 Å². The Morgan fingerprint density at radius 3 is 2.63 bits per heavy atom. The standard InChI is InChI=1S/C25H37N5O5/c1-18(26-23(31)35-25(3,4)5)15-33-17-21-14-30(28-27-21)22-11-12-29(19(2)13-22)24(32)34-16-20-9-7-6-8-10-20/h6-10,14,18-19,22H,11-13,15-17H2,1-5H3,(H,26,31). The van der Waals surface area contributed by atoms with Gasteiger partial charge in [-0.2, -0.15) is 0 Å². The maximum absolute atomic E-state index is 12.6. The molecule has 1 fully saturated rings. The number of benzene rings is 1. The van der Waals surface area contributed by atoms with Gasteiger partial charge in [0.25, 0.3) is 0 Å². The summed E-state index contributed by atoms with van der Waals surface area (Å²) in [6.07, 6.45) is 2.66. The van der Waals surface area contributed by atoms with Crippen molar-refractivity contribution in [2.24, 2.45) is 0 Å². The van der Waals surface area contributed by atoms with E-state index in [4.69, 9.17) is 14.2 Å². The zero-order valence-corrected chi connectivity index (χ0v) is 21.3. The Hall–Kier alpha value is -3.14. The van der Waals surface area contributed by atoms with Gasteiger partial charge in [0.1, 0.15) is 17.9 Å². The van der Waals surface area contributed by atoms with E-state index < -0.39 is 11.7 Å². The van der Waals surface area contributed by atoms with Crippen LogP contribution in [0.3, 0.4) is 0 Å². The van der Waals surface area contributed by atoms with Gasteiger partial charge in [-0.25, -0.2) is 14.3 Å². The lowest BCUT2D eigenvalue weighted by Crippen LogP contribution is -2.45. The van der Waals surface area contributed by atoms with Crippen LogP contribution >= 0.6 is 0 Å². The van der Waals surface area contributed by atoms with Crippen LogP contribution in [0.5, 0.6) is 0 Å². The van der Waals surface area contributed by atoms with Crippen LogP contribution < -0.4 is 5.32 Å². The molecular formula is C25H37N5O5. The van der Waals surface area contributed by atoms with Gasteiger partial charge in [-0.05, 0) is 53.0 Å². The molecule has 1 aliphatic rings. The minimum Gasteiger partial charge on any atom is -0.445 e. The minimum atomic E-state index is -0.542. The fourth-order valence-corrected chi connectivity index (χ4v) is 3.91. The number of hydrogen-bond acceptors (Lipinski definition) is 7. The Kier molecular flexibility index (Phi) is 9.08. The lowest BCUT2D eigenvalue weighted by Gasteiger charge is -2.36. The van der Waals surface area contributed by atoms with Crippen molar-refractivity contribution in [3.8, 4) is 0 Å². The second-order valence-electron chi connectivity index (χ2n) is 10.0. The third-order valence-electron chi connectivity index (χ3n) is 5.60. The van der Waals surface area contributed by atoms with Crippen LogP contribution in [0.15, 0.2) is 36.5 Å². The molecule has 1 aromatic carbocycles. The van der Waals surface area contributed by atoms with Crippen LogP contribution in [0, 0.1) is 0 Å². The molecule has 0 radical (unpaired) electrons. The van der Waals surface area contributed by atoms with Crippen molar-refractivity contribution >= 4 is 12.2 Å². The summed E-state index contributed by atoms with van der Waals surface area (Å²) in [7, 11) is 0. The maximum Gasteiger partial charge on any atom is 0.410 e. The number of carbonyl (C=O) groups is 2. The number of aromatic nitrogens is 3. The molecule has 3 rings (SSSR count). The van der Waals surface area contributed by atoms with Crippen LogP contribution in [0.25, 0.3) is 0 Å². The van der Waals surface area contributed by atoms with Crippen LogP contribution in [0.4, 0.5) is 9.59 Å². The number of ether oxygens (including phenoxy) is 3. The Balaban J connectivity index is 1.40. The van der Waals surface area contributed by atoms with E-state index in [9.17, 15) is 9.59 Å². The first-order valence-electron chi connectivity index (χ1n) is 12.1. The fraction of sp³-hybridized carbons (Fsp3) is 0.600. The average molecular weight is 488 g/mol. The molecule has 1 saturated heterocycles. The first-order valence-corrected chi connectivity index (χ1v) is 12.1. The molecule has 2 amide bonds. The summed E-state index contributed by atoms with van der Waals surface area (Å²) in [5.41, 5.74) is 1.14. The van der Waals surface area contributed by atoms with Gasteiger partial charge in [-0.1, -0.05) is 35.5 Å². The van der Waals surface area contributed by atoms with Gasteiger partial charge < -0.3 is 24.4 Å². The molecule has 1 aliphatic heterocycles. The number of nitrogens with zero attached hydrogens (tertiary/aromatic N) is 4. The van der Waals surface area contributed by atoms with Gasteiger partial charge >= 0.3 is 12.2 Å². The third-order valence-corrected chi connectivity index (χ3v) is 5.60. The number of nitrogens with one attached hydrogen (secondary N) is 1. The van der Waals surface area contributed by atoms with E-state index >= 15 is 0 Å². The van der Waals surface area contributed by atoms with E-state index in [0.29, 0.717) is 25.5 Å². The largest absolute Gasteiger partial charge is 0.445 e. The summed E-state index contributed by atoms with van der Waals surface area (Å²) in [5, 5.41) is 11.2. The summed E-state index contributed by atoms with van der Waals surface area (Å²) >= 11 is 0. The smallest absolute Gasteiger partial charge is 0.410 e. The van der Waals surface area contributed by atoms with E-state index in [1.807, 2.05) is 75.8 Å². The van der Waals surface area contributed by atoms with E-state index in [1.54, 1.807) is 4.90 Å². The molecule has 0 spiro atoms. The molecule has 1 aromatic heterocycles. The molecule has 2 aromatic rings. The molecule has 10 nitrogen and oxygen atoms in total. The number of hydrogen-bond donors (Lipinski definition) is 1. The zero-order chi connectivity index (χ0) is 25.4. The average Bonchev–Trinajstić information content (AvgIpc) is 3.25. The molecule has 0 aliphatic carbocycles. The molecule has 10 heteroatoms. The predicted molar refractivity (Wildman–Crippen MR) is 130 cm³/mol. The quantitative estimate of drug-likeness (QED) is 0.598. The Morgan fingerprint density at radius 1 is 1.20 bits per heavy atom. The van der Waals surface area contributed by atoms with Gasteiger partial charge in [0.05, 0.1) is 31.5 Å². The molecule has 0 saturated carbocycles. The monoisotopic (exact) mass is 487 g/mol. The normalized spacial score (nSPS) is 19.2. The zero-order valence-electron chi connectivity index (χ0n) is 21.3. The van der Waals surface area contributed by atoms with Gasteiger partial charge in [0.2, 0.25) is 0 Å². The molecule has 1 N–H and O–H groups in total. The first kappa shape index (κ1) is 26.5. The number of amides is 2. The second kappa shape index (κ2) is 12.0. The first-order chi connectivity index (χ1) is 16.6. The van der Waals surface area contributed by atoms with Crippen molar-refractivity contribution in [3.63, 3.8) is 0 Å². The number of alkyl carbamates (subject to hydrolysis) is 1.